The van der Waals surface area contributed by atoms with E-state index in [0.717, 1.165) is 25.0 Å². The number of nitro benzene ring substituents is 1. The van der Waals surface area contributed by atoms with Crippen LogP contribution in [-0.2, 0) is 14.8 Å². The number of benzene rings is 2. The number of carbonyl (C=O) groups excluding carboxylic acids is 1. The number of nitrogens with one attached hydrogen (secondary N) is 2. The molecule has 208 valence electrons. The second kappa shape index (κ2) is 12.1. The molecule has 3 aromatic rings. The maximum Gasteiger partial charge on any atom is 0.272 e. The molecule has 39 heavy (non-hydrogen) atoms. The van der Waals surface area contributed by atoms with E-state index >= 15 is 0 Å². The zero-order valence-corrected chi connectivity index (χ0v) is 22.9. The lowest BCUT2D eigenvalue weighted by Crippen LogP contribution is -2.32. The number of halogens is 1. The fraction of sp³-hybridized carbons (Fsp3) is 0.360. The van der Waals surface area contributed by atoms with Crippen LogP contribution in [0.3, 0.4) is 0 Å². The average molecular weight is 578 g/mol. The summed E-state index contributed by atoms with van der Waals surface area (Å²) < 4.78 is 41.5. The molecule has 1 aliphatic heterocycles. The Kier molecular flexibility index (Phi) is 8.85. The van der Waals surface area contributed by atoms with E-state index in [1.807, 2.05) is 0 Å². The second-order valence-electron chi connectivity index (χ2n) is 8.90. The van der Waals surface area contributed by atoms with E-state index in [9.17, 15) is 23.3 Å². The van der Waals surface area contributed by atoms with Crippen molar-refractivity contribution in [2.24, 2.45) is 0 Å². The fourth-order valence-electron chi connectivity index (χ4n) is 4.02. The Morgan fingerprint density at radius 1 is 1.31 bits per heavy atom. The summed E-state index contributed by atoms with van der Waals surface area (Å²) in [6, 6.07) is 9.91. The highest BCUT2D eigenvalue weighted by Gasteiger charge is 2.28. The molecule has 1 aromatic heterocycles. The van der Waals surface area contributed by atoms with E-state index in [1.165, 1.54) is 10.7 Å². The van der Waals surface area contributed by atoms with Gasteiger partial charge in [-0.2, -0.15) is 9.78 Å². The van der Waals surface area contributed by atoms with E-state index in [4.69, 9.17) is 21.1 Å². The number of aromatic nitrogens is 2. The van der Waals surface area contributed by atoms with Gasteiger partial charge in [-0.05, 0) is 50.5 Å². The minimum Gasteiger partial charge on any atom is -0.437 e. The minimum absolute atomic E-state index is 0.0420. The van der Waals surface area contributed by atoms with Gasteiger partial charge < -0.3 is 14.8 Å². The molecule has 0 radical (unpaired) electrons. The van der Waals surface area contributed by atoms with Gasteiger partial charge in [0.15, 0.2) is 5.69 Å². The number of hydrogen-bond acceptors (Lipinski definition) is 8. The van der Waals surface area contributed by atoms with Crippen LogP contribution >= 0.6 is 11.6 Å². The molecule has 1 fully saturated rings. The third-order valence-corrected chi connectivity index (χ3v) is 7.74. The van der Waals surface area contributed by atoms with E-state index in [2.05, 4.69) is 15.1 Å². The van der Waals surface area contributed by atoms with Crippen molar-refractivity contribution in [3.8, 4) is 17.3 Å². The zero-order chi connectivity index (χ0) is 28.2. The van der Waals surface area contributed by atoms with Crippen LogP contribution in [0.5, 0.6) is 11.6 Å². The van der Waals surface area contributed by atoms with Crippen molar-refractivity contribution in [1.82, 2.24) is 19.8 Å². The Morgan fingerprint density at radius 2 is 2.10 bits per heavy atom. The van der Waals surface area contributed by atoms with Gasteiger partial charge in [0.05, 0.1) is 16.7 Å². The third kappa shape index (κ3) is 6.56. The highest BCUT2D eigenvalue weighted by molar-refractivity contribution is 7.89. The SMILES string of the molecule is CCCNS(=O)(=O)c1cc([N+](=O)[O-])ccc1Oc1c(C)c(C(=O)NC[C@H]2CCCO2)nn1-c1cccc(Cl)c1. The van der Waals surface area contributed by atoms with E-state index in [0.29, 0.717) is 35.8 Å². The van der Waals surface area contributed by atoms with Crippen molar-refractivity contribution in [1.29, 1.82) is 0 Å². The summed E-state index contributed by atoms with van der Waals surface area (Å²) in [5.74, 6) is -0.600. The number of carbonyl (C=O) groups is 1. The van der Waals surface area contributed by atoms with Gasteiger partial charge in [0.1, 0.15) is 10.6 Å². The summed E-state index contributed by atoms with van der Waals surface area (Å²) in [6.07, 6.45) is 2.20. The summed E-state index contributed by atoms with van der Waals surface area (Å²) in [7, 11) is -4.18. The number of non-ortho nitro benzene ring substituents is 1. The highest BCUT2D eigenvalue weighted by atomic mass is 35.5. The Hall–Kier alpha value is -3.52. The van der Waals surface area contributed by atoms with Crippen LogP contribution in [0.25, 0.3) is 5.69 Å². The Bertz CT molecular complexity index is 1490. The van der Waals surface area contributed by atoms with Crippen LogP contribution in [0, 0.1) is 17.0 Å². The average Bonchev–Trinajstić information content (AvgIpc) is 3.54. The van der Waals surface area contributed by atoms with Gasteiger partial charge in [0.25, 0.3) is 11.6 Å². The maximum atomic E-state index is 13.1. The molecular formula is C25H28ClN5O7S. The summed E-state index contributed by atoms with van der Waals surface area (Å²) in [5.41, 5.74) is 0.407. The maximum absolute atomic E-state index is 13.1. The number of nitro groups is 1. The van der Waals surface area contributed by atoms with Crippen LogP contribution in [0.15, 0.2) is 47.4 Å². The molecule has 1 atom stereocenters. The summed E-state index contributed by atoms with van der Waals surface area (Å²) in [5, 5.41) is 19.1. The molecule has 0 spiro atoms. The Morgan fingerprint density at radius 3 is 2.77 bits per heavy atom. The number of ether oxygens (including phenoxy) is 2. The van der Waals surface area contributed by atoms with Crippen LogP contribution in [0.4, 0.5) is 5.69 Å². The molecule has 2 heterocycles. The van der Waals surface area contributed by atoms with Gasteiger partial charge in [-0.15, -0.1) is 0 Å². The molecule has 1 saturated heterocycles. The summed E-state index contributed by atoms with van der Waals surface area (Å²) >= 11 is 6.19. The number of rotatable bonds is 11. The normalized spacial score (nSPS) is 15.3. The molecule has 0 unspecified atom stereocenters. The van der Waals surface area contributed by atoms with Gasteiger partial charge >= 0.3 is 0 Å². The first-order chi connectivity index (χ1) is 18.6. The largest absolute Gasteiger partial charge is 0.437 e. The molecule has 0 aliphatic carbocycles. The number of sulfonamides is 1. The molecule has 12 nitrogen and oxygen atoms in total. The van der Waals surface area contributed by atoms with E-state index in [1.54, 1.807) is 38.1 Å². The second-order valence-corrected chi connectivity index (χ2v) is 11.1. The molecule has 14 heteroatoms. The fourth-order valence-corrected chi connectivity index (χ4v) is 5.48. The number of nitrogens with zero attached hydrogens (tertiary/aromatic N) is 3. The molecule has 0 bridgehead atoms. The Labute approximate surface area is 230 Å². The van der Waals surface area contributed by atoms with Gasteiger partial charge in [-0.3, -0.25) is 14.9 Å². The number of hydrogen-bond donors (Lipinski definition) is 2. The van der Waals surface area contributed by atoms with Crippen molar-refractivity contribution in [3.63, 3.8) is 0 Å². The highest BCUT2D eigenvalue weighted by Crippen LogP contribution is 2.36. The third-order valence-electron chi connectivity index (χ3n) is 6.03. The predicted octanol–water partition coefficient (Wildman–Crippen LogP) is 4.13. The smallest absolute Gasteiger partial charge is 0.272 e. The zero-order valence-electron chi connectivity index (χ0n) is 21.3. The molecule has 2 N–H and O–H groups in total. The first kappa shape index (κ1) is 28.5. The van der Waals surface area contributed by atoms with Crippen molar-refractivity contribution < 1.29 is 27.6 Å². The van der Waals surface area contributed by atoms with Gasteiger partial charge in [-0.1, -0.05) is 24.6 Å². The molecule has 0 saturated carbocycles. The molecule has 4 rings (SSSR count). The standard InChI is InChI=1S/C25H28ClN5O7S/c1-3-11-28-39(35,36)22-14-19(31(33)34)9-10-21(22)38-25-16(2)23(24(32)27-15-20-8-5-12-37-20)29-30(25)18-7-4-6-17(26)13-18/h4,6-7,9-10,13-14,20,28H,3,5,8,11-12,15H2,1-2H3,(H,27,32)/t20-/m1/s1. The summed E-state index contributed by atoms with van der Waals surface area (Å²) in [4.78, 5) is 23.4. The van der Waals surface area contributed by atoms with Crippen molar-refractivity contribution in [2.75, 3.05) is 19.7 Å². The van der Waals surface area contributed by atoms with Crippen molar-refractivity contribution in [2.45, 2.75) is 44.1 Å². The monoisotopic (exact) mass is 577 g/mol. The topological polar surface area (TPSA) is 155 Å². The first-order valence-corrected chi connectivity index (χ1v) is 14.2. The lowest BCUT2D eigenvalue weighted by atomic mass is 10.2. The summed E-state index contributed by atoms with van der Waals surface area (Å²) in [6.45, 7) is 4.48. The molecule has 1 amide bonds. The minimum atomic E-state index is -4.18. The van der Waals surface area contributed by atoms with Gasteiger partial charge in [-0.25, -0.2) is 13.1 Å². The van der Waals surface area contributed by atoms with Crippen molar-refractivity contribution in [3.05, 3.63) is 68.9 Å². The van der Waals surface area contributed by atoms with Crippen molar-refractivity contribution >= 4 is 33.2 Å². The quantitative estimate of drug-likeness (QED) is 0.254. The van der Waals surface area contributed by atoms with Crippen LogP contribution in [0.1, 0.15) is 42.2 Å². The molecular weight excluding hydrogens is 550 g/mol. The predicted molar refractivity (Wildman–Crippen MR) is 143 cm³/mol. The van der Waals surface area contributed by atoms with Gasteiger partial charge in [0.2, 0.25) is 15.9 Å². The molecule has 2 aromatic carbocycles. The van der Waals surface area contributed by atoms with E-state index < -0.39 is 31.4 Å². The number of amides is 1. The van der Waals surface area contributed by atoms with Gasteiger partial charge in [0, 0.05) is 42.4 Å². The van der Waals surface area contributed by atoms with Crippen LogP contribution in [0.2, 0.25) is 5.02 Å². The lowest BCUT2D eigenvalue weighted by molar-refractivity contribution is -0.385. The Balaban J connectivity index is 1.78. The van der Waals surface area contributed by atoms with Crippen LogP contribution in [-0.4, -0.2) is 54.8 Å². The molecule has 1 aliphatic rings. The van der Waals surface area contributed by atoms with Crippen LogP contribution < -0.4 is 14.8 Å². The van der Waals surface area contributed by atoms with E-state index in [-0.39, 0.29) is 30.0 Å². The first-order valence-electron chi connectivity index (χ1n) is 12.3. The lowest BCUT2D eigenvalue weighted by Gasteiger charge is -2.14.